The Kier molecular flexibility index (Phi) is 3.85. The van der Waals surface area contributed by atoms with E-state index < -0.39 is 0 Å². The average molecular weight is 312 g/mol. The van der Waals surface area contributed by atoms with Gasteiger partial charge in [-0.15, -0.1) is 0 Å². The summed E-state index contributed by atoms with van der Waals surface area (Å²) in [7, 11) is 0. The van der Waals surface area contributed by atoms with Gasteiger partial charge in [-0.1, -0.05) is 12.1 Å². The van der Waals surface area contributed by atoms with Crippen molar-refractivity contribution >= 4 is 5.91 Å². The molecule has 120 valence electrons. The van der Waals surface area contributed by atoms with Gasteiger partial charge in [0.05, 0.1) is 31.5 Å². The minimum atomic E-state index is -0.0623. The van der Waals surface area contributed by atoms with E-state index in [1.54, 1.807) is 12.5 Å². The van der Waals surface area contributed by atoms with Crippen LogP contribution in [0.3, 0.4) is 0 Å². The van der Waals surface area contributed by atoms with E-state index in [2.05, 4.69) is 39.5 Å². The summed E-state index contributed by atoms with van der Waals surface area (Å²) in [5.74, 6) is 0.0678. The SMILES string of the molecule is O=C1N[C@@H]2COC[C@H]1CN(Cc1ccc(-n3ccnc3)cc1)C2. The predicted octanol–water partition coefficient (Wildman–Crippen LogP) is 0.819. The third-order valence-corrected chi connectivity index (χ3v) is 4.46. The van der Waals surface area contributed by atoms with Crippen molar-refractivity contribution < 1.29 is 9.53 Å². The Labute approximate surface area is 135 Å². The van der Waals surface area contributed by atoms with Gasteiger partial charge in [-0.2, -0.15) is 0 Å². The lowest BCUT2D eigenvalue weighted by atomic mass is 10.1. The van der Waals surface area contributed by atoms with E-state index in [9.17, 15) is 4.79 Å². The zero-order valence-electron chi connectivity index (χ0n) is 12.9. The Morgan fingerprint density at radius 2 is 2.09 bits per heavy atom. The summed E-state index contributed by atoms with van der Waals surface area (Å²) in [6.07, 6.45) is 5.50. The van der Waals surface area contributed by atoms with Gasteiger partial charge in [0.15, 0.2) is 0 Å². The van der Waals surface area contributed by atoms with Crippen molar-refractivity contribution in [2.24, 2.45) is 5.92 Å². The van der Waals surface area contributed by atoms with E-state index >= 15 is 0 Å². The molecule has 4 rings (SSSR count). The van der Waals surface area contributed by atoms with Crippen LogP contribution in [0.5, 0.6) is 0 Å². The van der Waals surface area contributed by atoms with Crippen LogP contribution < -0.4 is 5.32 Å². The summed E-state index contributed by atoms with van der Waals surface area (Å²) in [6, 6.07) is 8.58. The first kappa shape index (κ1) is 14.4. The van der Waals surface area contributed by atoms with E-state index in [1.165, 1.54) is 5.56 Å². The number of carbonyl (C=O) groups excluding carboxylic acids is 1. The topological polar surface area (TPSA) is 59.4 Å². The lowest BCUT2D eigenvalue weighted by Gasteiger charge is -2.27. The van der Waals surface area contributed by atoms with Crippen LogP contribution in [0.1, 0.15) is 5.56 Å². The molecule has 6 heteroatoms. The Morgan fingerprint density at radius 3 is 2.87 bits per heavy atom. The second-order valence-electron chi connectivity index (χ2n) is 6.27. The summed E-state index contributed by atoms with van der Waals surface area (Å²) in [4.78, 5) is 18.5. The molecule has 6 nitrogen and oxygen atoms in total. The number of rotatable bonds is 3. The molecule has 0 radical (unpaired) electrons. The van der Waals surface area contributed by atoms with E-state index in [4.69, 9.17) is 4.74 Å². The number of amides is 1. The standard InChI is InChI=1S/C17H20N4O2/c22-17-14-8-20(9-15(19-17)11-23-10-14)7-13-1-3-16(4-2-13)21-6-5-18-12-21/h1-6,12,14-15H,7-11H2,(H,19,22)/t14-,15+/m1/s1. The van der Waals surface area contributed by atoms with Crippen molar-refractivity contribution in [1.29, 1.82) is 0 Å². The lowest BCUT2D eigenvalue weighted by Crippen LogP contribution is -2.41. The molecule has 0 spiro atoms. The van der Waals surface area contributed by atoms with Gasteiger partial charge in [0.1, 0.15) is 0 Å². The van der Waals surface area contributed by atoms with Crippen molar-refractivity contribution in [2.45, 2.75) is 12.6 Å². The first-order valence-corrected chi connectivity index (χ1v) is 7.96. The van der Waals surface area contributed by atoms with E-state index in [1.807, 2.05) is 10.8 Å². The smallest absolute Gasteiger partial charge is 0.227 e. The summed E-state index contributed by atoms with van der Waals surface area (Å²) in [6.45, 7) is 3.58. The molecule has 3 heterocycles. The molecule has 0 unspecified atom stereocenters. The van der Waals surface area contributed by atoms with Crippen LogP contribution in [-0.4, -0.2) is 52.7 Å². The van der Waals surface area contributed by atoms with Gasteiger partial charge in [-0.25, -0.2) is 4.98 Å². The minimum absolute atomic E-state index is 0.0623. The van der Waals surface area contributed by atoms with Crippen LogP contribution >= 0.6 is 0 Å². The summed E-state index contributed by atoms with van der Waals surface area (Å²) in [5.41, 5.74) is 2.35. The third kappa shape index (κ3) is 3.13. The summed E-state index contributed by atoms with van der Waals surface area (Å²) in [5, 5.41) is 3.07. The molecule has 1 aromatic heterocycles. The van der Waals surface area contributed by atoms with Crippen LogP contribution in [0.4, 0.5) is 0 Å². The minimum Gasteiger partial charge on any atom is -0.378 e. The monoisotopic (exact) mass is 312 g/mol. The second-order valence-corrected chi connectivity index (χ2v) is 6.27. The molecule has 0 aliphatic carbocycles. The van der Waals surface area contributed by atoms with Crippen molar-refractivity contribution in [2.75, 3.05) is 26.3 Å². The number of imidazole rings is 1. The fourth-order valence-corrected chi connectivity index (χ4v) is 3.29. The zero-order valence-corrected chi connectivity index (χ0v) is 12.9. The van der Waals surface area contributed by atoms with Crippen LogP contribution in [-0.2, 0) is 16.1 Å². The lowest BCUT2D eigenvalue weighted by molar-refractivity contribution is -0.125. The average Bonchev–Trinajstić information content (AvgIpc) is 2.96. The molecule has 1 amide bonds. The predicted molar refractivity (Wildman–Crippen MR) is 85.1 cm³/mol. The third-order valence-electron chi connectivity index (χ3n) is 4.46. The van der Waals surface area contributed by atoms with Crippen molar-refractivity contribution in [1.82, 2.24) is 19.8 Å². The second kappa shape index (κ2) is 6.14. The zero-order chi connectivity index (χ0) is 15.6. The van der Waals surface area contributed by atoms with E-state index in [0.717, 1.165) is 25.3 Å². The van der Waals surface area contributed by atoms with Crippen molar-refractivity contribution in [3.8, 4) is 5.69 Å². The largest absolute Gasteiger partial charge is 0.378 e. The highest BCUT2D eigenvalue weighted by Crippen LogP contribution is 2.17. The molecule has 2 aliphatic heterocycles. The highest BCUT2D eigenvalue weighted by molar-refractivity contribution is 5.79. The fraction of sp³-hybridized carbons (Fsp3) is 0.412. The van der Waals surface area contributed by atoms with Gasteiger partial charge in [-0.3, -0.25) is 9.69 Å². The normalized spacial score (nSPS) is 25.0. The molecule has 2 fully saturated rings. The van der Waals surface area contributed by atoms with E-state index in [-0.39, 0.29) is 17.9 Å². The molecular weight excluding hydrogens is 292 g/mol. The highest BCUT2D eigenvalue weighted by atomic mass is 16.5. The Bertz CT molecular complexity index is 668. The van der Waals surface area contributed by atoms with Gasteiger partial charge in [0.2, 0.25) is 5.91 Å². The molecular formula is C17H20N4O2. The maximum Gasteiger partial charge on any atom is 0.227 e. The number of aromatic nitrogens is 2. The maximum absolute atomic E-state index is 12.0. The molecule has 23 heavy (non-hydrogen) atoms. The maximum atomic E-state index is 12.0. The summed E-state index contributed by atoms with van der Waals surface area (Å²) >= 11 is 0. The number of nitrogens with one attached hydrogen (secondary N) is 1. The fourth-order valence-electron chi connectivity index (χ4n) is 3.29. The van der Waals surface area contributed by atoms with Crippen LogP contribution in [0, 0.1) is 5.92 Å². The number of benzene rings is 1. The molecule has 1 aromatic carbocycles. The van der Waals surface area contributed by atoms with Crippen molar-refractivity contribution in [3.05, 3.63) is 48.5 Å². The molecule has 0 saturated carbocycles. The number of ether oxygens (including phenoxy) is 1. The number of fused-ring (bicyclic) bond motifs is 3. The van der Waals surface area contributed by atoms with Gasteiger partial charge >= 0.3 is 0 Å². The first-order chi connectivity index (χ1) is 11.3. The van der Waals surface area contributed by atoms with Gasteiger partial charge < -0.3 is 14.6 Å². The molecule has 2 aromatic rings. The van der Waals surface area contributed by atoms with Crippen LogP contribution in [0.25, 0.3) is 5.69 Å². The van der Waals surface area contributed by atoms with Crippen molar-refractivity contribution in [3.63, 3.8) is 0 Å². The number of hydrogen-bond acceptors (Lipinski definition) is 4. The Morgan fingerprint density at radius 1 is 1.22 bits per heavy atom. The summed E-state index contributed by atoms with van der Waals surface area (Å²) < 4.78 is 7.55. The molecule has 2 bridgehead atoms. The van der Waals surface area contributed by atoms with Gasteiger partial charge in [0.25, 0.3) is 0 Å². The number of carbonyl (C=O) groups is 1. The number of hydrogen-bond donors (Lipinski definition) is 1. The molecule has 2 aliphatic rings. The quantitative estimate of drug-likeness (QED) is 0.911. The Hall–Kier alpha value is -2.18. The van der Waals surface area contributed by atoms with Gasteiger partial charge in [-0.05, 0) is 17.7 Å². The molecule has 2 atom stereocenters. The van der Waals surface area contributed by atoms with E-state index in [0.29, 0.717) is 13.2 Å². The van der Waals surface area contributed by atoms with Gasteiger partial charge in [0, 0.05) is 37.7 Å². The molecule has 2 saturated heterocycles. The highest BCUT2D eigenvalue weighted by Gasteiger charge is 2.32. The van der Waals surface area contributed by atoms with Crippen LogP contribution in [0.2, 0.25) is 0 Å². The number of nitrogens with zero attached hydrogens (tertiary/aromatic N) is 3. The first-order valence-electron chi connectivity index (χ1n) is 7.96. The van der Waals surface area contributed by atoms with Crippen LogP contribution in [0.15, 0.2) is 43.0 Å². The Balaban J connectivity index is 1.46. The molecule has 1 N–H and O–H groups in total.